The highest BCUT2D eigenvalue weighted by Gasteiger charge is 2.34. The first kappa shape index (κ1) is 10.2. The van der Waals surface area contributed by atoms with Gasteiger partial charge in [-0.3, -0.25) is 4.68 Å². The van der Waals surface area contributed by atoms with E-state index in [0.29, 0.717) is 5.92 Å². The summed E-state index contributed by atoms with van der Waals surface area (Å²) in [5, 5.41) is 4.40. The van der Waals surface area contributed by atoms with Gasteiger partial charge in [-0.2, -0.15) is 5.10 Å². The Bertz CT molecular complexity index is 341. The zero-order chi connectivity index (χ0) is 10.3. The van der Waals surface area contributed by atoms with Crippen LogP contribution in [0.25, 0.3) is 0 Å². The number of aryl methyl sites for hydroxylation is 2. The lowest BCUT2D eigenvalue weighted by Crippen LogP contribution is -2.18. The molecule has 1 saturated carbocycles. The Hall–Kier alpha value is -0.350. The summed E-state index contributed by atoms with van der Waals surface area (Å²) < 4.78 is 3.11. The molecule has 0 spiro atoms. The van der Waals surface area contributed by atoms with Gasteiger partial charge in [0.2, 0.25) is 0 Å². The van der Waals surface area contributed by atoms with Crippen LogP contribution in [0.3, 0.4) is 0 Å². The molecule has 1 aromatic rings. The summed E-state index contributed by atoms with van der Waals surface area (Å²) in [6.45, 7) is 2.75. The Morgan fingerprint density at radius 1 is 1.64 bits per heavy atom. The quantitative estimate of drug-likeness (QED) is 0.900. The summed E-state index contributed by atoms with van der Waals surface area (Å²) >= 11 is 3.60. The Morgan fingerprint density at radius 2 is 2.29 bits per heavy atom. The minimum Gasteiger partial charge on any atom is -0.330 e. The third-order valence-corrected chi connectivity index (χ3v) is 3.97. The van der Waals surface area contributed by atoms with Crippen molar-refractivity contribution in [3.63, 3.8) is 0 Å². The smallest absolute Gasteiger partial charge is 0.0738 e. The first-order valence-corrected chi connectivity index (χ1v) is 5.83. The first-order chi connectivity index (χ1) is 6.65. The molecule has 1 aliphatic rings. The summed E-state index contributed by atoms with van der Waals surface area (Å²) in [5.41, 5.74) is 8.16. The minimum atomic E-state index is 0.482. The van der Waals surface area contributed by atoms with E-state index in [1.807, 2.05) is 18.7 Å². The molecule has 1 atom stereocenters. The number of rotatable bonds is 3. The van der Waals surface area contributed by atoms with Gasteiger partial charge in [-0.15, -0.1) is 0 Å². The molecule has 0 bridgehead atoms. The van der Waals surface area contributed by atoms with Crippen LogP contribution in [-0.4, -0.2) is 16.3 Å². The van der Waals surface area contributed by atoms with E-state index in [4.69, 9.17) is 5.73 Å². The van der Waals surface area contributed by atoms with Crippen LogP contribution in [0.15, 0.2) is 4.47 Å². The average molecular weight is 258 g/mol. The molecule has 1 unspecified atom stereocenters. The van der Waals surface area contributed by atoms with Gasteiger partial charge in [-0.25, -0.2) is 0 Å². The number of nitrogens with two attached hydrogens (primary N) is 1. The Morgan fingerprint density at radius 3 is 2.64 bits per heavy atom. The second kappa shape index (κ2) is 3.66. The van der Waals surface area contributed by atoms with E-state index in [2.05, 4.69) is 21.0 Å². The molecule has 14 heavy (non-hydrogen) atoms. The number of hydrogen-bond acceptors (Lipinski definition) is 2. The van der Waals surface area contributed by atoms with Crippen LogP contribution in [0.2, 0.25) is 0 Å². The van der Waals surface area contributed by atoms with Gasteiger partial charge in [-0.05, 0) is 41.6 Å². The summed E-state index contributed by atoms with van der Waals surface area (Å²) in [6.07, 6.45) is 2.64. The standard InChI is InChI=1S/C10H16BrN3/c1-6-9(11)10(14(2)13-6)8(5-12)7-3-4-7/h7-8H,3-5,12H2,1-2H3. The SMILES string of the molecule is Cc1nn(C)c(C(CN)C2CC2)c1Br. The molecule has 0 aromatic carbocycles. The molecule has 0 radical (unpaired) electrons. The molecule has 1 heterocycles. The molecule has 2 rings (SSSR count). The molecule has 2 N–H and O–H groups in total. The molecular formula is C10H16BrN3. The summed E-state index contributed by atoms with van der Waals surface area (Å²) in [6, 6.07) is 0. The van der Waals surface area contributed by atoms with E-state index in [9.17, 15) is 0 Å². The van der Waals surface area contributed by atoms with E-state index < -0.39 is 0 Å². The van der Waals surface area contributed by atoms with Gasteiger partial charge in [0.05, 0.1) is 15.9 Å². The predicted molar refractivity (Wildman–Crippen MR) is 60.2 cm³/mol. The maximum atomic E-state index is 5.83. The molecule has 78 valence electrons. The first-order valence-electron chi connectivity index (χ1n) is 5.04. The molecule has 4 heteroatoms. The number of nitrogens with zero attached hydrogens (tertiary/aromatic N) is 2. The van der Waals surface area contributed by atoms with E-state index >= 15 is 0 Å². The van der Waals surface area contributed by atoms with Crippen LogP contribution in [0.4, 0.5) is 0 Å². The number of aromatic nitrogens is 2. The molecule has 0 aliphatic heterocycles. The lowest BCUT2D eigenvalue weighted by Gasteiger charge is -2.14. The lowest BCUT2D eigenvalue weighted by atomic mass is 9.99. The van der Waals surface area contributed by atoms with Crippen LogP contribution < -0.4 is 5.73 Å². The van der Waals surface area contributed by atoms with Gasteiger partial charge in [0, 0.05) is 19.5 Å². The highest BCUT2D eigenvalue weighted by molar-refractivity contribution is 9.10. The van der Waals surface area contributed by atoms with Crippen molar-refractivity contribution in [1.82, 2.24) is 9.78 Å². The van der Waals surface area contributed by atoms with Gasteiger partial charge in [0.15, 0.2) is 0 Å². The molecule has 1 fully saturated rings. The Balaban J connectivity index is 2.37. The van der Waals surface area contributed by atoms with Crippen molar-refractivity contribution in [1.29, 1.82) is 0 Å². The predicted octanol–water partition coefficient (Wildman–Crippen LogP) is 1.94. The van der Waals surface area contributed by atoms with Crippen LogP contribution >= 0.6 is 15.9 Å². The zero-order valence-corrected chi connectivity index (χ0v) is 10.2. The van der Waals surface area contributed by atoms with Gasteiger partial charge < -0.3 is 5.73 Å². The van der Waals surface area contributed by atoms with Crippen LogP contribution in [-0.2, 0) is 7.05 Å². The Kier molecular flexibility index (Phi) is 2.66. The topological polar surface area (TPSA) is 43.8 Å². The van der Waals surface area contributed by atoms with Gasteiger partial charge >= 0.3 is 0 Å². The van der Waals surface area contributed by atoms with Crippen molar-refractivity contribution in [2.75, 3.05) is 6.54 Å². The third kappa shape index (κ3) is 1.61. The summed E-state index contributed by atoms with van der Waals surface area (Å²) in [7, 11) is 2.00. The van der Waals surface area contributed by atoms with E-state index in [1.54, 1.807) is 0 Å². The molecule has 3 nitrogen and oxygen atoms in total. The zero-order valence-electron chi connectivity index (χ0n) is 8.63. The lowest BCUT2D eigenvalue weighted by molar-refractivity contribution is 0.553. The largest absolute Gasteiger partial charge is 0.330 e. The fourth-order valence-electron chi connectivity index (χ4n) is 2.08. The average Bonchev–Trinajstić information content (AvgIpc) is 2.91. The molecule has 0 saturated heterocycles. The Labute approximate surface area is 92.8 Å². The summed E-state index contributed by atoms with van der Waals surface area (Å²) in [5.74, 6) is 1.27. The highest BCUT2D eigenvalue weighted by atomic mass is 79.9. The third-order valence-electron chi connectivity index (χ3n) is 2.99. The maximum Gasteiger partial charge on any atom is 0.0738 e. The van der Waals surface area contributed by atoms with Crippen molar-refractivity contribution in [3.05, 3.63) is 15.9 Å². The van der Waals surface area contributed by atoms with Crippen LogP contribution in [0, 0.1) is 12.8 Å². The van der Waals surface area contributed by atoms with E-state index in [-0.39, 0.29) is 0 Å². The molecule has 1 aliphatic carbocycles. The van der Waals surface area contributed by atoms with Crippen LogP contribution in [0.5, 0.6) is 0 Å². The molecule has 1 aromatic heterocycles. The fourth-order valence-corrected chi connectivity index (χ4v) is 2.71. The fraction of sp³-hybridized carbons (Fsp3) is 0.700. The van der Waals surface area contributed by atoms with Crippen molar-refractivity contribution in [3.8, 4) is 0 Å². The summed E-state index contributed by atoms with van der Waals surface area (Å²) in [4.78, 5) is 0. The van der Waals surface area contributed by atoms with E-state index in [1.165, 1.54) is 18.5 Å². The number of hydrogen-bond donors (Lipinski definition) is 1. The van der Waals surface area contributed by atoms with Gasteiger partial charge in [-0.1, -0.05) is 0 Å². The van der Waals surface area contributed by atoms with Crippen molar-refractivity contribution in [2.24, 2.45) is 18.7 Å². The molecule has 0 amide bonds. The monoisotopic (exact) mass is 257 g/mol. The van der Waals surface area contributed by atoms with E-state index in [0.717, 1.165) is 22.6 Å². The normalized spacial score (nSPS) is 18.6. The van der Waals surface area contributed by atoms with Crippen LogP contribution in [0.1, 0.15) is 30.1 Å². The van der Waals surface area contributed by atoms with Gasteiger partial charge in [0.25, 0.3) is 0 Å². The van der Waals surface area contributed by atoms with Crippen molar-refractivity contribution in [2.45, 2.75) is 25.7 Å². The number of halogens is 1. The van der Waals surface area contributed by atoms with Gasteiger partial charge in [0.1, 0.15) is 0 Å². The second-order valence-electron chi connectivity index (χ2n) is 4.09. The van der Waals surface area contributed by atoms with Crippen molar-refractivity contribution >= 4 is 15.9 Å². The highest BCUT2D eigenvalue weighted by Crippen LogP contribution is 2.44. The van der Waals surface area contributed by atoms with Crippen molar-refractivity contribution < 1.29 is 0 Å². The maximum absolute atomic E-state index is 5.83. The minimum absolute atomic E-state index is 0.482. The molecular weight excluding hydrogens is 242 g/mol. The second-order valence-corrected chi connectivity index (χ2v) is 4.88.